The van der Waals surface area contributed by atoms with Crippen molar-refractivity contribution in [3.05, 3.63) is 206 Å². The summed E-state index contributed by atoms with van der Waals surface area (Å²) in [5.41, 5.74) is 10.9. The van der Waals surface area contributed by atoms with E-state index >= 15 is 0 Å². The second kappa shape index (κ2) is 13.6. The van der Waals surface area contributed by atoms with Crippen LogP contribution in [0.4, 0.5) is 0 Å². The summed E-state index contributed by atoms with van der Waals surface area (Å²) in [6.07, 6.45) is 0. The van der Waals surface area contributed by atoms with Crippen LogP contribution in [0, 0.1) is 0 Å². The summed E-state index contributed by atoms with van der Waals surface area (Å²) in [6, 6.07) is 73.0. The Kier molecular flexibility index (Phi) is 7.78. The van der Waals surface area contributed by atoms with Crippen molar-refractivity contribution < 1.29 is 0 Å². The first-order valence-electron chi connectivity index (χ1n) is 19.3. The minimum atomic E-state index is 0.633. The van der Waals surface area contributed by atoms with Crippen LogP contribution in [0.25, 0.3) is 105 Å². The Morgan fingerprint density at radius 3 is 1.46 bits per heavy atom. The van der Waals surface area contributed by atoms with E-state index in [1.165, 1.54) is 43.5 Å². The van der Waals surface area contributed by atoms with Crippen molar-refractivity contribution in [1.29, 1.82) is 0 Å². The number of para-hydroxylation sites is 1. The van der Waals surface area contributed by atoms with Crippen LogP contribution in [0.15, 0.2) is 206 Å². The molecule has 0 spiro atoms. The number of fused-ring (bicyclic) bond motifs is 5. The monoisotopic (exact) mass is 726 g/mol. The van der Waals surface area contributed by atoms with Crippen molar-refractivity contribution in [2.45, 2.75) is 0 Å². The topological polar surface area (TPSA) is 43.6 Å². The molecule has 0 bridgehead atoms. The van der Waals surface area contributed by atoms with E-state index in [1.54, 1.807) is 0 Å². The smallest absolute Gasteiger partial charge is 0.164 e. The lowest BCUT2D eigenvalue weighted by molar-refractivity contribution is 1.07. The summed E-state index contributed by atoms with van der Waals surface area (Å²) < 4.78 is 2.39. The lowest BCUT2D eigenvalue weighted by Gasteiger charge is -2.12. The van der Waals surface area contributed by atoms with Crippen molar-refractivity contribution in [1.82, 2.24) is 19.5 Å². The highest BCUT2D eigenvalue weighted by atomic mass is 15.0. The summed E-state index contributed by atoms with van der Waals surface area (Å²) >= 11 is 0. The van der Waals surface area contributed by atoms with Gasteiger partial charge >= 0.3 is 0 Å². The Labute approximate surface area is 330 Å². The number of rotatable bonds is 6. The van der Waals surface area contributed by atoms with Crippen molar-refractivity contribution in [2.75, 3.05) is 0 Å². The minimum absolute atomic E-state index is 0.633. The largest absolute Gasteiger partial charge is 0.309 e. The van der Waals surface area contributed by atoms with Crippen molar-refractivity contribution in [3.63, 3.8) is 0 Å². The predicted octanol–water partition coefficient (Wildman–Crippen LogP) is 13.6. The lowest BCUT2D eigenvalue weighted by Crippen LogP contribution is -2.00. The third-order valence-electron chi connectivity index (χ3n) is 11.0. The molecule has 4 nitrogen and oxygen atoms in total. The standard InChI is InChI=1S/C53H34N4/c1-2-11-35(12-3-1)37-21-26-39(27-22-37)51-54-52(56-53(55-51)45-30-25-36-13-4-5-14-41(36)31-45)40-28-23-38(24-29-40)42-17-10-18-46(32-42)57-49-20-9-8-19-47(49)48-33-43-15-6-7-16-44(43)34-50(48)57/h1-34H. The van der Waals surface area contributed by atoms with Crippen LogP contribution in [0.5, 0.6) is 0 Å². The van der Waals surface area contributed by atoms with Gasteiger partial charge in [0, 0.05) is 33.2 Å². The van der Waals surface area contributed by atoms with Gasteiger partial charge < -0.3 is 4.57 Å². The SMILES string of the molecule is c1ccc(-c2ccc(-c3nc(-c4ccc(-c5cccc(-n6c7ccccc7c7cc8ccccc8cc76)c5)cc4)nc(-c4ccc5ccccc5c4)n3)cc2)cc1. The fraction of sp³-hybridized carbons (Fsp3) is 0. The molecule has 0 aliphatic rings. The molecule has 11 rings (SSSR count). The van der Waals surface area contributed by atoms with Gasteiger partial charge in [-0.05, 0) is 80.2 Å². The molecule has 4 heteroatoms. The zero-order chi connectivity index (χ0) is 37.7. The Hall–Kier alpha value is -7.69. The maximum Gasteiger partial charge on any atom is 0.164 e. The molecular weight excluding hydrogens is 693 g/mol. The minimum Gasteiger partial charge on any atom is -0.309 e. The molecule has 0 aliphatic carbocycles. The average Bonchev–Trinajstić information content (AvgIpc) is 3.61. The number of nitrogens with zero attached hydrogens (tertiary/aromatic N) is 4. The maximum absolute atomic E-state index is 5.08. The maximum atomic E-state index is 5.08. The summed E-state index contributed by atoms with van der Waals surface area (Å²) in [4.78, 5) is 15.2. The van der Waals surface area contributed by atoms with Crippen molar-refractivity contribution >= 4 is 43.4 Å². The van der Waals surface area contributed by atoms with Crippen LogP contribution >= 0.6 is 0 Å². The Morgan fingerprint density at radius 2 is 0.754 bits per heavy atom. The molecule has 0 amide bonds. The van der Waals surface area contributed by atoms with Gasteiger partial charge in [-0.25, -0.2) is 15.0 Å². The molecule has 0 N–H and O–H groups in total. The molecular formula is C53H34N4. The zero-order valence-electron chi connectivity index (χ0n) is 30.9. The van der Waals surface area contributed by atoms with Gasteiger partial charge in [-0.1, -0.05) is 170 Å². The summed E-state index contributed by atoms with van der Waals surface area (Å²) in [5, 5.41) is 7.31. The van der Waals surface area contributed by atoms with E-state index in [0.29, 0.717) is 17.5 Å². The number of hydrogen-bond donors (Lipinski definition) is 0. The van der Waals surface area contributed by atoms with Crippen LogP contribution in [0.1, 0.15) is 0 Å². The molecule has 57 heavy (non-hydrogen) atoms. The van der Waals surface area contributed by atoms with Crippen molar-refractivity contribution in [3.8, 4) is 62.1 Å². The van der Waals surface area contributed by atoms with Gasteiger partial charge in [0.15, 0.2) is 17.5 Å². The van der Waals surface area contributed by atoms with Gasteiger partial charge in [0.2, 0.25) is 0 Å². The van der Waals surface area contributed by atoms with Gasteiger partial charge in [0.05, 0.1) is 11.0 Å². The van der Waals surface area contributed by atoms with Gasteiger partial charge in [0.25, 0.3) is 0 Å². The molecule has 0 saturated carbocycles. The first kappa shape index (κ1) is 32.7. The molecule has 2 heterocycles. The normalized spacial score (nSPS) is 11.5. The lowest BCUT2D eigenvalue weighted by atomic mass is 10.0. The van der Waals surface area contributed by atoms with Crippen molar-refractivity contribution in [2.24, 2.45) is 0 Å². The number of aromatic nitrogens is 4. The van der Waals surface area contributed by atoms with Crippen LogP contribution in [0.2, 0.25) is 0 Å². The highest BCUT2D eigenvalue weighted by Gasteiger charge is 2.16. The first-order chi connectivity index (χ1) is 28.2. The Bertz CT molecular complexity index is 3270. The van der Waals surface area contributed by atoms with E-state index in [9.17, 15) is 0 Å². The highest BCUT2D eigenvalue weighted by Crippen LogP contribution is 2.36. The van der Waals surface area contributed by atoms with Gasteiger partial charge in [-0.3, -0.25) is 0 Å². The Balaban J connectivity index is 0.986. The van der Waals surface area contributed by atoms with E-state index in [1.807, 2.05) is 6.07 Å². The molecule has 0 radical (unpaired) electrons. The molecule has 11 aromatic rings. The van der Waals surface area contributed by atoms with Crippen LogP contribution in [-0.4, -0.2) is 19.5 Å². The molecule has 0 saturated heterocycles. The molecule has 0 fully saturated rings. The second-order valence-corrected chi connectivity index (χ2v) is 14.5. The predicted molar refractivity (Wildman–Crippen MR) is 236 cm³/mol. The van der Waals surface area contributed by atoms with Crippen LogP contribution < -0.4 is 0 Å². The van der Waals surface area contributed by atoms with E-state index in [-0.39, 0.29) is 0 Å². The summed E-state index contributed by atoms with van der Waals surface area (Å²) in [7, 11) is 0. The van der Waals surface area contributed by atoms with E-state index in [2.05, 4.69) is 205 Å². The highest BCUT2D eigenvalue weighted by molar-refractivity contribution is 6.13. The fourth-order valence-electron chi connectivity index (χ4n) is 8.10. The summed E-state index contributed by atoms with van der Waals surface area (Å²) in [6.45, 7) is 0. The van der Waals surface area contributed by atoms with Gasteiger partial charge in [-0.15, -0.1) is 0 Å². The van der Waals surface area contributed by atoms with E-state index in [0.717, 1.165) is 44.5 Å². The zero-order valence-corrected chi connectivity index (χ0v) is 30.9. The molecule has 0 atom stereocenters. The van der Waals surface area contributed by atoms with Crippen LogP contribution in [0.3, 0.4) is 0 Å². The van der Waals surface area contributed by atoms with E-state index < -0.39 is 0 Å². The third-order valence-corrected chi connectivity index (χ3v) is 11.0. The number of benzene rings is 9. The summed E-state index contributed by atoms with van der Waals surface area (Å²) in [5.74, 6) is 1.91. The van der Waals surface area contributed by atoms with Crippen LogP contribution in [-0.2, 0) is 0 Å². The first-order valence-corrected chi connectivity index (χ1v) is 19.3. The quantitative estimate of drug-likeness (QED) is 0.171. The third kappa shape index (κ3) is 5.92. The van der Waals surface area contributed by atoms with Gasteiger partial charge in [0.1, 0.15) is 0 Å². The average molecular weight is 727 g/mol. The molecule has 266 valence electrons. The molecule has 2 aromatic heterocycles. The van der Waals surface area contributed by atoms with E-state index in [4.69, 9.17) is 15.0 Å². The van der Waals surface area contributed by atoms with Gasteiger partial charge in [-0.2, -0.15) is 0 Å². The Morgan fingerprint density at radius 1 is 0.263 bits per heavy atom. The molecule has 9 aromatic carbocycles. The second-order valence-electron chi connectivity index (χ2n) is 14.5. The molecule has 0 aliphatic heterocycles. The molecule has 0 unspecified atom stereocenters. The fourth-order valence-corrected chi connectivity index (χ4v) is 8.10. The number of hydrogen-bond acceptors (Lipinski definition) is 3.